The van der Waals surface area contributed by atoms with E-state index in [9.17, 15) is 5.11 Å². The van der Waals surface area contributed by atoms with Crippen molar-refractivity contribution in [2.75, 3.05) is 12.4 Å². The van der Waals surface area contributed by atoms with Crippen LogP contribution in [0.3, 0.4) is 0 Å². The fourth-order valence-electron chi connectivity index (χ4n) is 2.64. The Labute approximate surface area is 107 Å². The first kappa shape index (κ1) is 13.0. The Balaban J connectivity index is 1.81. The van der Waals surface area contributed by atoms with Crippen LogP contribution in [-0.2, 0) is 0 Å². The van der Waals surface area contributed by atoms with Crippen LogP contribution in [0.15, 0.2) is 21.6 Å². The summed E-state index contributed by atoms with van der Waals surface area (Å²) < 4.78 is 5.26. The van der Waals surface area contributed by atoms with Gasteiger partial charge in [0.25, 0.3) is 0 Å². The molecule has 0 saturated heterocycles. The molecule has 1 aliphatic rings. The smallest absolute Gasteiger partial charge is 0.114 e. The second kappa shape index (κ2) is 5.46. The molecule has 0 aromatic carbocycles. The van der Waals surface area contributed by atoms with E-state index in [-0.39, 0.29) is 12.1 Å². The Kier molecular flexibility index (Phi) is 4.17. The van der Waals surface area contributed by atoms with Crippen molar-refractivity contribution in [3.05, 3.63) is 18.1 Å². The molecule has 3 N–H and O–H groups in total. The van der Waals surface area contributed by atoms with Crippen molar-refractivity contribution in [1.82, 2.24) is 0 Å². The van der Waals surface area contributed by atoms with E-state index in [1.807, 2.05) is 24.8 Å². The zero-order valence-electron chi connectivity index (χ0n) is 10.3. The third kappa shape index (κ3) is 2.87. The molecule has 17 heavy (non-hydrogen) atoms. The summed E-state index contributed by atoms with van der Waals surface area (Å²) in [5.74, 6) is 2.50. The monoisotopic (exact) mass is 255 g/mol. The minimum Gasteiger partial charge on any atom is -0.468 e. The number of furan rings is 1. The standard InChI is InChI=1S/C13H21NO2S/c1-10-12(4-7-16-10)17-8-5-11-3-2-6-13(11,14)9-15/h4,7,11,15H,2-3,5-6,8-9,14H2,1H3. The summed E-state index contributed by atoms with van der Waals surface area (Å²) in [5, 5.41) is 9.38. The first-order chi connectivity index (χ1) is 8.15. The zero-order chi connectivity index (χ0) is 12.3. The highest BCUT2D eigenvalue weighted by Gasteiger charge is 2.38. The van der Waals surface area contributed by atoms with Crippen molar-refractivity contribution in [2.45, 2.75) is 43.0 Å². The first-order valence-electron chi connectivity index (χ1n) is 6.22. The largest absolute Gasteiger partial charge is 0.468 e. The molecule has 0 bridgehead atoms. The summed E-state index contributed by atoms with van der Waals surface area (Å²) in [6, 6.07) is 2.01. The molecule has 1 fully saturated rings. The van der Waals surface area contributed by atoms with Gasteiger partial charge in [0.1, 0.15) is 5.76 Å². The normalized spacial score (nSPS) is 28.8. The van der Waals surface area contributed by atoms with E-state index in [0.29, 0.717) is 5.92 Å². The van der Waals surface area contributed by atoms with Gasteiger partial charge in [-0.2, -0.15) is 0 Å². The van der Waals surface area contributed by atoms with Gasteiger partial charge in [-0.05, 0) is 43.9 Å². The lowest BCUT2D eigenvalue weighted by atomic mass is 9.87. The third-order valence-corrected chi connectivity index (χ3v) is 5.01. The number of hydrogen-bond donors (Lipinski definition) is 2. The molecule has 2 unspecified atom stereocenters. The summed E-state index contributed by atoms with van der Waals surface area (Å²) in [7, 11) is 0. The average Bonchev–Trinajstić information content (AvgIpc) is 2.88. The number of aliphatic hydroxyl groups is 1. The van der Waals surface area contributed by atoms with E-state index in [4.69, 9.17) is 10.2 Å². The maximum Gasteiger partial charge on any atom is 0.114 e. The van der Waals surface area contributed by atoms with Crippen LogP contribution in [0, 0.1) is 12.8 Å². The van der Waals surface area contributed by atoms with Gasteiger partial charge in [0, 0.05) is 10.4 Å². The SMILES string of the molecule is Cc1occc1SCCC1CCCC1(N)CO. The topological polar surface area (TPSA) is 59.4 Å². The lowest BCUT2D eigenvalue weighted by Gasteiger charge is -2.29. The zero-order valence-corrected chi connectivity index (χ0v) is 11.1. The van der Waals surface area contributed by atoms with Crippen LogP contribution in [0.1, 0.15) is 31.4 Å². The van der Waals surface area contributed by atoms with Gasteiger partial charge < -0.3 is 15.3 Å². The third-order valence-electron chi connectivity index (χ3n) is 3.84. The van der Waals surface area contributed by atoms with Crippen LogP contribution in [0.5, 0.6) is 0 Å². The van der Waals surface area contributed by atoms with Crippen molar-refractivity contribution >= 4 is 11.8 Å². The minimum absolute atomic E-state index is 0.118. The van der Waals surface area contributed by atoms with E-state index < -0.39 is 0 Å². The highest BCUT2D eigenvalue weighted by molar-refractivity contribution is 7.99. The van der Waals surface area contributed by atoms with Crippen molar-refractivity contribution in [1.29, 1.82) is 0 Å². The second-order valence-electron chi connectivity index (χ2n) is 4.96. The molecule has 0 amide bonds. The lowest BCUT2D eigenvalue weighted by Crippen LogP contribution is -2.47. The van der Waals surface area contributed by atoms with E-state index >= 15 is 0 Å². The van der Waals surface area contributed by atoms with Crippen molar-refractivity contribution in [3.8, 4) is 0 Å². The summed E-state index contributed by atoms with van der Waals surface area (Å²) in [6.07, 6.45) is 6.07. The van der Waals surface area contributed by atoms with E-state index in [0.717, 1.165) is 37.2 Å². The predicted molar refractivity (Wildman–Crippen MR) is 70.1 cm³/mol. The second-order valence-corrected chi connectivity index (χ2v) is 6.10. The molecule has 96 valence electrons. The maximum absolute atomic E-state index is 9.38. The molecule has 0 radical (unpaired) electrons. The Hall–Kier alpha value is -0.450. The molecule has 4 heteroatoms. The van der Waals surface area contributed by atoms with E-state index in [2.05, 4.69) is 0 Å². The molecule has 1 aromatic heterocycles. The average molecular weight is 255 g/mol. The van der Waals surface area contributed by atoms with Crippen LogP contribution >= 0.6 is 11.8 Å². The minimum atomic E-state index is -0.327. The van der Waals surface area contributed by atoms with Crippen LogP contribution in [-0.4, -0.2) is 23.0 Å². The van der Waals surface area contributed by atoms with Gasteiger partial charge in [0.05, 0.1) is 12.9 Å². The van der Waals surface area contributed by atoms with Crippen LogP contribution < -0.4 is 5.73 Å². The van der Waals surface area contributed by atoms with Crippen LogP contribution in [0.2, 0.25) is 0 Å². The number of hydrogen-bond acceptors (Lipinski definition) is 4. The Morgan fingerprint density at radius 3 is 3.12 bits per heavy atom. The van der Waals surface area contributed by atoms with Crippen LogP contribution in [0.4, 0.5) is 0 Å². The number of thioether (sulfide) groups is 1. The quantitative estimate of drug-likeness (QED) is 0.794. The molecule has 1 saturated carbocycles. The summed E-state index contributed by atoms with van der Waals surface area (Å²) in [4.78, 5) is 1.22. The number of aliphatic hydroxyl groups excluding tert-OH is 1. The highest BCUT2D eigenvalue weighted by Crippen LogP contribution is 2.37. The maximum atomic E-state index is 9.38. The van der Waals surface area contributed by atoms with Gasteiger partial charge in [0.2, 0.25) is 0 Å². The van der Waals surface area contributed by atoms with Crippen molar-refractivity contribution < 1.29 is 9.52 Å². The fourth-order valence-corrected chi connectivity index (χ4v) is 3.67. The Morgan fingerprint density at radius 1 is 1.65 bits per heavy atom. The van der Waals surface area contributed by atoms with Gasteiger partial charge in [-0.3, -0.25) is 0 Å². The lowest BCUT2D eigenvalue weighted by molar-refractivity contribution is 0.158. The molecule has 1 aromatic rings. The fraction of sp³-hybridized carbons (Fsp3) is 0.692. The van der Waals surface area contributed by atoms with Crippen molar-refractivity contribution in [3.63, 3.8) is 0 Å². The molecule has 2 rings (SSSR count). The van der Waals surface area contributed by atoms with E-state index in [1.165, 1.54) is 4.90 Å². The highest BCUT2D eigenvalue weighted by atomic mass is 32.2. The van der Waals surface area contributed by atoms with Gasteiger partial charge in [-0.1, -0.05) is 6.42 Å². The molecule has 2 atom stereocenters. The Bertz CT molecular complexity index is 366. The van der Waals surface area contributed by atoms with Gasteiger partial charge in [0.15, 0.2) is 0 Å². The predicted octanol–water partition coefficient (Wildman–Crippen LogP) is 2.56. The molecular weight excluding hydrogens is 234 g/mol. The van der Waals surface area contributed by atoms with E-state index in [1.54, 1.807) is 6.26 Å². The van der Waals surface area contributed by atoms with Crippen LogP contribution in [0.25, 0.3) is 0 Å². The molecule has 1 heterocycles. The molecule has 1 aliphatic carbocycles. The van der Waals surface area contributed by atoms with Gasteiger partial charge in [-0.15, -0.1) is 11.8 Å². The van der Waals surface area contributed by atoms with Gasteiger partial charge >= 0.3 is 0 Å². The Morgan fingerprint density at radius 2 is 2.47 bits per heavy atom. The van der Waals surface area contributed by atoms with Crippen molar-refractivity contribution in [2.24, 2.45) is 11.7 Å². The molecule has 0 spiro atoms. The summed E-state index contributed by atoms with van der Waals surface area (Å²) >= 11 is 1.82. The van der Waals surface area contributed by atoms with Gasteiger partial charge in [-0.25, -0.2) is 0 Å². The summed E-state index contributed by atoms with van der Waals surface area (Å²) in [6.45, 7) is 2.10. The molecule has 3 nitrogen and oxygen atoms in total. The molecular formula is C13H21NO2S. The summed E-state index contributed by atoms with van der Waals surface area (Å²) in [5.41, 5.74) is 5.89. The number of aryl methyl sites for hydroxylation is 1. The first-order valence-corrected chi connectivity index (χ1v) is 7.21. The molecule has 0 aliphatic heterocycles. The number of rotatable bonds is 5. The number of nitrogens with two attached hydrogens (primary N) is 1.